The van der Waals surface area contributed by atoms with Gasteiger partial charge in [-0.05, 0) is 49.4 Å². The van der Waals surface area contributed by atoms with Crippen molar-refractivity contribution in [3.8, 4) is 0 Å². The molecule has 2 heteroatoms. The van der Waals surface area contributed by atoms with Gasteiger partial charge in [0, 0.05) is 12.6 Å². The maximum atomic E-state index is 6.34. The summed E-state index contributed by atoms with van der Waals surface area (Å²) in [7, 11) is 0. The van der Waals surface area contributed by atoms with Crippen LogP contribution < -0.4 is 5.73 Å². The molecule has 1 aromatic carbocycles. The van der Waals surface area contributed by atoms with Crippen LogP contribution in [-0.4, -0.2) is 24.5 Å². The molecule has 0 amide bonds. The Morgan fingerprint density at radius 3 is 2.21 bits per heavy atom. The highest BCUT2D eigenvalue weighted by Gasteiger charge is 2.15. The van der Waals surface area contributed by atoms with Crippen molar-refractivity contribution in [1.82, 2.24) is 4.90 Å². The van der Waals surface area contributed by atoms with Crippen molar-refractivity contribution >= 4 is 0 Å². The lowest BCUT2D eigenvalue weighted by Gasteiger charge is -2.29. The number of likely N-dealkylation sites (tertiary alicyclic amines) is 1. The van der Waals surface area contributed by atoms with Crippen LogP contribution in [0.25, 0.3) is 0 Å². The average molecular weight is 260 g/mol. The Labute approximate surface area is 118 Å². The van der Waals surface area contributed by atoms with Crippen LogP contribution in [0.15, 0.2) is 24.3 Å². The zero-order valence-electron chi connectivity index (χ0n) is 12.4. The first-order chi connectivity index (χ1) is 9.20. The molecule has 19 heavy (non-hydrogen) atoms. The average Bonchev–Trinajstić information content (AvgIpc) is 2.47. The standard InChI is InChI=1S/C17H28N2/c1-3-14(2)15-7-9-16(10-8-15)17(18)13-19-11-5-4-6-12-19/h7-10,14,17H,3-6,11-13,18H2,1-2H3. The summed E-state index contributed by atoms with van der Waals surface area (Å²) in [4.78, 5) is 2.51. The monoisotopic (exact) mass is 260 g/mol. The zero-order valence-corrected chi connectivity index (χ0v) is 12.4. The molecule has 0 radical (unpaired) electrons. The number of benzene rings is 1. The van der Waals surface area contributed by atoms with Gasteiger partial charge in [-0.15, -0.1) is 0 Å². The number of nitrogens with two attached hydrogens (primary N) is 1. The van der Waals surface area contributed by atoms with Crippen LogP contribution >= 0.6 is 0 Å². The molecule has 0 saturated carbocycles. The smallest absolute Gasteiger partial charge is 0.0424 e. The molecule has 0 aromatic heterocycles. The maximum absolute atomic E-state index is 6.34. The van der Waals surface area contributed by atoms with Crippen molar-refractivity contribution in [3.05, 3.63) is 35.4 Å². The van der Waals surface area contributed by atoms with Crippen LogP contribution in [-0.2, 0) is 0 Å². The number of piperidine rings is 1. The van der Waals surface area contributed by atoms with Crippen molar-refractivity contribution in [1.29, 1.82) is 0 Å². The van der Waals surface area contributed by atoms with Gasteiger partial charge in [-0.1, -0.05) is 44.5 Å². The molecule has 1 aliphatic rings. The first-order valence-corrected chi connectivity index (χ1v) is 7.78. The van der Waals surface area contributed by atoms with Gasteiger partial charge in [-0.2, -0.15) is 0 Å². The highest BCUT2D eigenvalue weighted by Crippen LogP contribution is 2.21. The largest absolute Gasteiger partial charge is 0.323 e. The Hall–Kier alpha value is -0.860. The van der Waals surface area contributed by atoms with Gasteiger partial charge in [0.15, 0.2) is 0 Å². The SMILES string of the molecule is CCC(C)c1ccc(C(N)CN2CCCCC2)cc1. The van der Waals surface area contributed by atoms with Crippen LogP contribution in [0.4, 0.5) is 0 Å². The Morgan fingerprint density at radius 1 is 1.05 bits per heavy atom. The lowest BCUT2D eigenvalue weighted by molar-refractivity contribution is 0.216. The van der Waals surface area contributed by atoms with E-state index in [1.54, 1.807) is 0 Å². The third-order valence-corrected chi connectivity index (χ3v) is 4.45. The summed E-state index contributed by atoms with van der Waals surface area (Å²) in [5, 5.41) is 0. The van der Waals surface area contributed by atoms with E-state index in [1.165, 1.54) is 49.9 Å². The van der Waals surface area contributed by atoms with E-state index in [-0.39, 0.29) is 6.04 Å². The first kappa shape index (κ1) is 14.5. The minimum absolute atomic E-state index is 0.157. The number of nitrogens with zero attached hydrogens (tertiary/aromatic N) is 1. The van der Waals surface area contributed by atoms with Gasteiger partial charge >= 0.3 is 0 Å². The van der Waals surface area contributed by atoms with Crippen molar-refractivity contribution in [3.63, 3.8) is 0 Å². The van der Waals surface area contributed by atoms with E-state index in [2.05, 4.69) is 43.0 Å². The van der Waals surface area contributed by atoms with Crippen LogP contribution in [0.1, 0.15) is 62.6 Å². The van der Waals surface area contributed by atoms with Crippen molar-refractivity contribution in [2.75, 3.05) is 19.6 Å². The summed E-state index contributed by atoms with van der Waals surface area (Å²) in [5.41, 5.74) is 9.05. The summed E-state index contributed by atoms with van der Waals surface area (Å²) >= 11 is 0. The molecule has 1 aromatic rings. The Bertz CT molecular complexity index is 365. The molecular weight excluding hydrogens is 232 g/mol. The van der Waals surface area contributed by atoms with E-state index in [0.717, 1.165) is 6.54 Å². The number of rotatable bonds is 5. The molecular formula is C17H28N2. The summed E-state index contributed by atoms with van der Waals surface area (Å²) in [6.07, 6.45) is 5.24. The van der Waals surface area contributed by atoms with E-state index in [0.29, 0.717) is 5.92 Å². The van der Waals surface area contributed by atoms with E-state index < -0.39 is 0 Å². The molecule has 0 bridgehead atoms. The third kappa shape index (κ3) is 4.05. The van der Waals surface area contributed by atoms with Gasteiger partial charge in [0.1, 0.15) is 0 Å². The zero-order chi connectivity index (χ0) is 13.7. The van der Waals surface area contributed by atoms with Crippen molar-refractivity contribution < 1.29 is 0 Å². The van der Waals surface area contributed by atoms with E-state index in [1.807, 2.05) is 0 Å². The van der Waals surface area contributed by atoms with E-state index in [4.69, 9.17) is 5.73 Å². The third-order valence-electron chi connectivity index (χ3n) is 4.45. The lowest BCUT2D eigenvalue weighted by atomic mass is 9.96. The molecule has 2 atom stereocenters. The summed E-state index contributed by atoms with van der Waals surface area (Å²) < 4.78 is 0. The van der Waals surface area contributed by atoms with Crippen LogP contribution in [0.3, 0.4) is 0 Å². The second kappa shape index (κ2) is 7.06. The number of hydrogen-bond donors (Lipinski definition) is 1. The highest BCUT2D eigenvalue weighted by atomic mass is 15.1. The fourth-order valence-corrected chi connectivity index (χ4v) is 2.83. The summed E-state index contributed by atoms with van der Waals surface area (Å²) in [6, 6.07) is 9.09. The van der Waals surface area contributed by atoms with Gasteiger partial charge in [0.25, 0.3) is 0 Å². The van der Waals surface area contributed by atoms with Gasteiger partial charge in [0.2, 0.25) is 0 Å². The van der Waals surface area contributed by atoms with E-state index >= 15 is 0 Å². The quantitative estimate of drug-likeness (QED) is 0.875. The second-order valence-corrected chi connectivity index (χ2v) is 5.94. The molecule has 1 aliphatic heterocycles. The Kier molecular flexibility index (Phi) is 5.41. The molecule has 0 aliphatic carbocycles. The molecule has 0 spiro atoms. The lowest BCUT2D eigenvalue weighted by Crippen LogP contribution is -2.36. The molecule has 2 rings (SSSR count). The summed E-state index contributed by atoms with van der Waals surface area (Å²) in [5.74, 6) is 0.646. The van der Waals surface area contributed by atoms with Crippen LogP contribution in [0.5, 0.6) is 0 Å². The maximum Gasteiger partial charge on any atom is 0.0424 e. The molecule has 2 N–H and O–H groups in total. The molecule has 2 nitrogen and oxygen atoms in total. The van der Waals surface area contributed by atoms with Gasteiger partial charge < -0.3 is 10.6 Å². The minimum atomic E-state index is 0.157. The minimum Gasteiger partial charge on any atom is -0.323 e. The molecule has 1 heterocycles. The Morgan fingerprint density at radius 2 is 1.63 bits per heavy atom. The van der Waals surface area contributed by atoms with Gasteiger partial charge in [-0.3, -0.25) is 0 Å². The first-order valence-electron chi connectivity index (χ1n) is 7.78. The van der Waals surface area contributed by atoms with Crippen LogP contribution in [0.2, 0.25) is 0 Å². The van der Waals surface area contributed by atoms with Gasteiger partial charge in [0.05, 0.1) is 0 Å². The Balaban J connectivity index is 1.93. The topological polar surface area (TPSA) is 29.3 Å². The second-order valence-electron chi connectivity index (χ2n) is 5.94. The molecule has 1 fully saturated rings. The van der Waals surface area contributed by atoms with Crippen molar-refractivity contribution in [2.24, 2.45) is 5.73 Å². The molecule has 2 unspecified atom stereocenters. The van der Waals surface area contributed by atoms with Gasteiger partial charge in [-0.25, -0.2) is 0 Å². The molecule has 1 saturated heterocycles. The van der Waals surface area contributed by atoms with Crippen LogP contribution in [0, 0.1) is 0 Å². The predicted molar refractivity (Wildman–Crippen MR) is 82.4 cm³/mol. The highest BCUT2D eigenvalue weighted by molar-refractivity contribution is 5.27. The number of hydrogen-bond acceptors (Lipinski definition) is 2. The fourth-order valence-electron chi connectivity index (χ4n) is 2.83. The molecule has 106 valence electrons. The fraction of sp³-hybridized carbons (Fsp3) is 0.647. The van der Waals surface area contributed by atoms with E-state index in [9.17, 15) is 0 Å². The predicted octanol–water partition coefficient (Wildman–Crippen LogP) is 3.69. The normalized spacial score (nSPS) is 20.2. The summed E-state index contributed by atoms with van der Waals surface area (Å²) in [6.45, 7) is 7.96. The van der Waals surface area contributed by atoms with Crippen molar-refractivity contribution in [2.45, 2.75) is 51.5 Å².